The zero-order chi connectivity index (χ0) is 37.2. The number of benzene rings is 3. The number of alkyl carbamates (subject to hydrolysis) is 1. The maximum Gasteiger partial charge on any atom is 0.408 e. The van der Waals surface area contributed by atoms with Crippen LogP contribution in [0.1, 0.15) is 35.6 Å². The molecular weight excluding hydrogens is 687 g/mol. The molecule has 4 N–H and O–H groups in total. The summed E-state index contributed by atoms with van der Waals surface area (Å²) in [5.41, 5.74) is 3.06. The summed E-state index contributed by atoms with van der Waals surface area (Å²) in [5.74, 6) is -3.82. The Hall–Kier alpha value is -5.36. The molecule has 0 fully saturated rings. The van der Waals surface area contributed by atoms with Crippen molar-refractivity contribution < 1.29 is 42.6 Å². The number of ether oxygens (including phenoxy) is 2. The second-order valence-electron chi connectivity index (χ2n) is 11.9. The summed E-state index contributed by atoms with van der Waals surface area (Å²) >= 11 is 0. The Morgan fingerprint density at radius 2 is 1.33 bits per heavy atom. The van der Waals surface area contributed by atoms with Crippen molar-refractivity contribution >= 4 is 31.5 Å². The second kappa shape index (κ2) is 20.5. The fourth-order valence-corrected chi connectivity index (χ4v) is 6.41. The van der Waals surface area contributed by atoms with Crippen LogP contribution in [0, 0.1) is 0 Å². The molecule has 274 valence electrons. The minimum absolute atomic E-state index is 0.00574. The Morgan fingerprint density at radius 1 is 0.750 bits per heavy atom. The van der Waals surface area contributed by atoms with E-state index in [-0.39, 0.29) is 26.1 Å². The van der Waals surface area contributed by atoms with Gasteiger partial charge >= 0.3 is 19.7 Å². The second-order valence-corrected chi connectivity index (χ2v) is 13.9. The molecule has 0 aliphatic rings. The van der Waals surface area contributed by atoms with Crippen molar-refractivity contribution in [3.05, 3.63) is 138 Å². The zero-order valence-electron chi connectivity index (χ0n) is 28.8. The SMILES string of the molecule is C[C@@H](NC(=O)OCc1ccccc1)C(=O)NCC(=O)N[C@@H](Cc1ccccc1)P(=O)(O)O[C@@H](Cc1ccccc1)C(=O)OCCCc1ccncc1. The number of hydrogen-bond donors (Lipinski definition) is 4. The lowest BCUT2D eigenvalue weighted by Gasteiger charge is -2.27. The predicted octanol–water partition coefficient (Wildman–Crippen LogP) is 4.49. The van der Waals surface area contributed by atoms with Crippen molar-refractivity contribution in [2.45, 2.75) is 57.1 Å². The third-order valence-electron chi connectivity index (χ3n) is 7.77. The third-order valence-corrected chi connectivity index (χ3v) is 9.42. The van der Waals surface area contributed by atoms with Crippen molar-refractivity contribution in [3.8, 4) is 0 Å². The van der Waals surface area contributed by atoms with E-state index in [1.54, 1.807) is 97.3 Å². The molecule has 3 aromatic carbocycles. The smallest absolute Gasteiger partial charge is 0.408 e. The van der Waals surface area contributed by atoms with Gasteiger partial charge in [0.25, 0.3) is 0 Å². The van der Waals surface area contributed by atoms with Crippen LogP contribution in [0.5, 0.6) is 0 Å². The Bertz CT molecular complexity index is 1770. The molecule has 3 amide bonds. The summed E-state index contributed by atoms with van der Waals surface area (Å²) in [6.45, 7) is 0.886. The number of hydrogen-bond acceptors (Lipinski definition) is 9. The van der Waals surface area contributed by atoms with Gasteiger partial charge in [-0.15, -0.1) is 0 Å². The lowest BCUT2D eigenvalue weighted by atomic mass is 10.1. The fraction of sp³-hybridized carbons (Fsp3) is 0.289. The molecule has 13 nitrogen and oxygen atoms in total. The topological polar surface area (TPSA) is 182 Å². The van der Waals surface area contributed by atoms with Crippen LogP contribution >= 0.6 is 7.60 Å². The van der Waals surface area contributed by atoms with E-state index in [0.29, 0.717) is 24.0 Å². The highest BCUT2D eigenvalue weighted by Gasteiger charge is 2.39. The average molecular weight is 731 g/mol. The van der Waals surface area contributed by atoms with E-state index in [2.05, 4.69) is 20.9 Å². The molecule has 1 heterocycles. The first-order valence-corrected chi connectivity index (χ1v) is 18.4. The van der Waals surface area contributed by atoms with Crippen LogP contribution in [0.15, 0.2) is 116 Å². The van der Waals surface area contributed by atoms with Gasteiger partial charge in [-0.25, -0.2) is 9.59 Å². The number of carbonyl (C=O) groups excluding carboxylic acids is 4. The van der Waals surface area contributed by atoms with Gasteiger partial charge in [-0.05, 0) is 54.2 Å². The van der Waals surface area contributed by atoms with Crippen molar-refractivity contribution in [1.29, 1.82) is 0 Å². The monoisotopic (exact) mass is 730 g/mol. The molecule has 4 aromatic rings. The lowest BCUT2D eigenvalue weighted by molar-refractivity contribution is -0.152. The minimum atomic E-state index is -4.80. The molecule has 52 heavy (non-hydrogen) atoms. The van der Waals surface area contributed by atoms with Crippen LogP contribution in [-0.2, 0) is 58.8 Å². The highest BCUT2D eigenvalue weighted by atomic mass is 31.2. The largest absolute Gasteiger partial charge is 0.464 e. The van der Waals surface area contributed by atoms with E-state index >= 15 is 0 Å². The highest BCUT2D eigenvalue weighted by molar-refractivity contribution is 7.53. The minimum Gasteiger partial charge on any atom is -0.464 e. The van der Waals surface area contributed by atoms with Crippen LogP contribution in [0.3, 0.4) is 0 Å². The quantitative estimate of drug-likeness (QED) is 0.0610. The Kier molecular flexibility index (Phi) is 15.5. The van der Waals surface area contributed by atoms with Gasteiger partial charge in [0.15, 0.2) is 6.10 Å². The zero-order valence-corrected chi connectivity index (χ0v) is 29.7. The number of pyridine rings is 1. The van der Waals surface area contributed by atoms with E-state index in [1.165, 1.54) is 6.92 Å². The predicted molar refractivity (Wildman–Crippen MR) is 193 cm³/mol. The van der Waals surface area contributed by atoms with Gasteiger partial charge in [0.2, 0.25) is 11.8 Å². The van der Waals surface area contributed by atoms with Gasteiger partial charge in [-0.1, -0.05) is 91.0 Å². The number of amides is 3. The first-order chi connectivity index (χ1) is 25.1. The Morgan fingerprint density at radius 3 is 1.94 bits per heavy atom. The lowest BCUT2D eigenvalue weighted by Crippen LogP contribution is -2.49. The number of esters is 1. The number of nitrogens with zero attached hydrogens (tertiary/aromatic N) is 1. The third kappa shape index (κ3) is 13.7. The standard InChI is InChI=1S/C38H43N4O9P/c1-28(41-38(46)50-27-32-16-9-4-10-17-32)36(44)40-26-34(43)42-35(25-31-14-7-3-8-15-31)52(47,48)51-33(24-30-12-5-2-6-13-30)37(45)49-23-11-18-29-19-21-39-22-20-29/h2-10,12-17,19-22,28,33,35H,11,18,23-27H2,1H3,(H,40,44)(H,41,46)(H,42,43)(H,47,48)/t28-,33+,35-/m1/s1. The van der Waals surface area contributed by atoms with Gasteiger partial charge in [0, 0.05) is 25.2 Å². The molecule has 0 radical (unpaired) electrons. The maximum absolute atomic E-state index is 14.0. The number of aromatic nitrogens is 1. The van der Waals surface area contributed by atoms with Crippen molar-refractivity contribution in [1.82, 2.24) is 20.9 Å². The van der Waals surface area contributed by atoms with Crippen LogP contribution in [0.2, 0.25) is 0 Å². The molecular formula is C38H43N4O9P. The molecule has 14 heteroatoms. The summed E-state index contributed by atoms with van der Waals surface area (Å²) in [4.78, 5) is 66.6. The van der Waals surface area contributed by atoms with E-state index in [4.69, 9.17) is 14.0 Å². The summed E-state index contributed by atoms with van der Waals surface area (Å²) in [6.07, 6.45) is 2.00. The molecule has 0 spiro atoms. The van der Waals surface area contributed by atoms with Gasteiger partial charge in [-0.2, -0.15) is 0 Å². The van der Waals surface area contributed by atoms with Crippen LogP contribution < -0.4 is 16.0 Å². The van der Waals surface area contributed by atoms with E-state index < -0.39 is 55.9 Å². The summed E-state index contributed by atoms with van der Waals surface area (Å²) in [6, 6.07) is 29.2. The number of carbonyl (C=O) groups is 4. The van der Waals surface area contributed by atoms with Gasteiger partial charge in [0.1, 0.15) is 18.4 Å². The first kappa shape index (κ1) is 39.4. The molecule has 0 saturated heterocycles. The van der Waals surface area contributed by atoms with Crippen LogP contribution in [-0.4, -0.2) is 64.8 Å². The molecule has 0 bridgehead atoms. The van der Waals surface area contributed by atoms with Crippen molar-refractivity contribution in [2.75, 3.05) is 13.2 Å². The summed E-state index contributed by atoms with van der Waals surface area (Å²) < 4.78 is 30.3. The molecule has 1 unspecified atom stereocenters. The van der Waals surface area contributed by atoms with Crippen molar-refractivity contribution in [2.24, 2.45) is 0 Å². The number of nitrogens with one attached hydrogen (secondary N) is 3. The normalized spacial score (nSPS) is 13.7. The van der Waals surface area contributed by atoms with Gasteiger partial charge < -0.3 is 30.3 Å². The van der Waals surface area contributed by atoms with Gasteiger partial charge in [-0.3, -0.25) is 23.7 Å². The van der Waals surface area contributed by atoms with Gasteiger partial charge in [0.05, 0.1) is 13.2 Å². The van der Waals surface area contributed by atoms with E-state index in [0.717, 1.165) is 11.1 Å². The first-order valence-electron chi connectivity index (χ1n) is 16.8. The van der Waals surface area contributed by atoms with Crippen LogP contribution in [0.4, 0.5) is 4.79 Å². The van der Waals surface area contributed by atoms with Crippen LogP contribution in [0.25, 0.3) is 0 Å². The average Bonchev–Trinajstić information content (AvgIpc) is 3.15. The molecule has 1 aromatic heterocycles. The number of rotatable bonds is 19. The Labute approximate surface area is 302 Å². The Balaban J connectivity index is 1.38. The molecule has 4 rings (SSSR count). The summed E-state index contributed by atoms with van der Waals surface area (Å²) in [7, 11) is -4.80. The van der Waals surface area contributed by atoms with Crippen molar-refractivity contribution in [3.63, 3.8) is 0 Å². The molecule has 0 aliphatic carbocycles. The van der Waals surface area contributed by atoms with E-state index in [1.807, 2.05) is 18.2 Å². The summed E-state index contributed by atoms with van der Waals surface area (Å²) in [5, 5.41) is 7.29. The highest BCUT2D eigenvalue weighted by Crippen LogP contribution is 2.49. The molecule has 4 atom stereocenters. The maximum atomic E-state index is 14.0. The fourth-order valence-electron chi connectivity index (χ4n) is 4.99. The number of aryl methyl sites for hydroxylation is 1. The molecule has 0 saturated carbocycles. The van der Waals surface area contributed by atoms with E-state index in [9.17, 15) is 28.6 Å². The molecule has 0 aliphatic heterocycles.